The first kappa shape index (κ1) is 19.8. The van der Waals surface area contributed by atoms with Gasteiger partial charge in [0.1, 0.15) is 5.75 Å². The van der Waals surface area contributed by atoms with Crippen LogP contribution >= 0.6 is 11.8 Å². The number of carbonyl (C=O) groups is 1. The molecule has 0 heterocycles. The van der Waals surface area contributed by atoms with E-state index in [0.717, 1.165) is 30.1 Å². The molecule has 0 radical (unpaired) electrons. The van der Waals surface area contributed by atoms with E-state index in [1.54, 1.807) is 55.3 Å². The summed E-state index contributed by atoms with van der Waals surface area (Å²) in [4.78, 5) is 13.3. The number of hydrogen-bond acceptors (Lipinski definition) is 5. The minimum atomic E-state index is -0.431. The second kappa shape index (κ2) is 10.5. The smallest absolute Gasteiger partial charge is 0.343 e. The summed E-state index contributed by atoms with van der Waals surface area (Å²) >= 11 is 1.77. The van der Waals surface area contributed by atoms with E-state index in [9.17, 15) is 4.79 Å². The molecule has 0 aliphatic heterocycles. The number of guanidine groups is 1. The summed E-state index contributed by atoms with van der Waals surface area (Å²) in [6, 6.07) is 14.1. The van der Waals surface area contributed by atoms with Crippen LogP contribution in [0, 0.1) is 5.41 Å². The highest BCUT2D eigenvalue weighted by Crippen LogP contribution is 2.23. The predicted octanol–water partition coefficient (Wildman–Crippen LogP) is 3.73. The Morgan fingerprint density at radius 1 is 1.12 bits per heavy atom. The third-order valence-corrected chi connectivity index (χ3v) is 4.54. The molecule has 0 amide bonds. The average molecular weight is 373 g/mol. The third-order valence-electron chi connectivity index (χ3n) is 3.45. The van der Waals surface area contributed by atoms with Crippen LogP contribution in [-0.4, -0.2) is 31.4 Å². The van der Waals surface area contributed by atoms with Crippen molar-refractivity contribution < 1.29 is 14.3 Å². The van der Waals surface area contributed by atoms with Gasteiger partial charge in [-0.05, 0) is 67.1 Å². The van der Waals surface area contributed by atoms with E-state index in [1.807, 2.05) is 12.1 Å². The Hall–Kier alpha value is -2.51. The van der Waals surface area contributed by atoms with Gasteiger partial charge >= 0.3 is 5.97 Å². The third kappa shape index (κ3) is 6.78. The van der Waals surface area contributed by atoms with E-state index >= 15 is 0 Å². The molecule has 0 bridgehead atoms. The highest BCUT2D eigenvalue weighted by atomic mass is 32.2. The molecule has 2 aromatic rings. The van der Waals surface area contributed by atoms with Crippen LogP contribution in [0.15, 0.2) is 53.4 Å². The van der Waals surface area contributed by atoms with Crippen molar-refractivity contribution in [2.45, 2.75) is 17.7 Å². The predicted molar refractivity (Wildman–Crippen MR) is 105 cm³/mol. The zero-order valence-electron chi connectivity index (χ0n) is 14.7. The van der Waals surface area contributed by atoms with Gasteiger partial charge in [-0.25, -0.2) is 4.79 Å². The van der Waals surface area contributed by atoms with Gasteiger partial charge in [-0.1, -0.05) is 0 Å². The number of hydrogen-bond donors (Lipinski definition) is 3. The number of thioether (sulfide) groups is 1. The van der Waals surface area contributed by atoms with E-state index < -0.39 is 5.97 Å². The molecular weight excluding hydrogens is 350 g/mol. The van der Waals surface area contributed by atoms with E-state index in [1.165, 1.54) is 0 Å². The van der Waals surface area contributed by atoms with Gasteiger partial charge in [0.2, 0.25) is 0 Å². The van der Waals surface area contributed by atoms with E-state index in [-0.39, 0.29) is 5.96 Å². The Morgan fingerprint density at radius 2 is 1.81 bits per heavy atom. The fourth-order valence-corrected chi connectivity index (χ4v) is 3.07. The molecule has 7 heteroatoms. The van der Waals surface area contributed by atoms with Crippen LogP contribution in [0.25, 0.3) is 0 Å². The molecule has 138 valence electrons. The molecule has 26 heavy (non-hydrogen) atoms. The zero-order valence-corrected chi connectivity index (χ0v) is 15.5. The molecule has 2 rings (SSSR count). The fourth-order valence-electron chi connectivity index (χ4n) is 2.15. The normalized spacial score (nSPS) is 10.3. The van der Waals surface area contributed by atoms with E-state index in [2.05, 4.69) is 5.32 Å². The van der Waals surface area contributed by atoms with Crippen LogP contribution in [-0.2, 0) is 4.74 Å². The largest absolute Gasteiger partial charge is 0.423 e. The number of unbranched alkanes of at least 4 members (excludes halogenated alkanes) is 1. The van der Waals surface area contributed by atoms with Crippen LogP contribution in [0.3, 0.4) is 0 Å². The topological polar surface area (TPSA) is 97.4 Å². The Morgan fingerprint density at radius 3 is 2.42 bits per heavy atom. The Balaban J connectivity index is 1.84. The maximum atomic E-state index is 12.2. The molecule has 6 nitrogen and oxygen atoms in total. The minimum absolute atomic E-state index is 0.156. The zero-order chi connectivity index (χ0) is 18.8. The van der Waals surface area contributed by atoms with Gasteiger partial charge in [0.15, 0.2) is 5.96 Å². The number of methoxy groups -OCH3 is 1. The van der Waals surface area contributed by atoms with Crippen molar-refractivity contribution in [3.05, 3.63) is 54.1 Å². The molecule has 0 aromatic heterocycles. The van der Waals surface area contributed by atoms with Crippen LogP contribution in [0.2, 0.25) is 0 Å². The standard InChI is InChI=1S/C19H23N3O3S/c1-24-12-2-3-13-26-17-10-8-16(9-11-17)25-18(23)14-4-6-15(7-5-14)22-19(20)21/h4-11H,2-3,12-13H2,1H3,(H4,20,21,22). The molecular formula is C19H23N3O3S. The molecule has 4 N–H and O–H groups in total. The Bertz CT molecular complexity index is 718. The van der Waals surface area contributed by atoms with Crippen LogP contribution in [0.5, 0.6) is 5.75 Å². The van der Waals surface area contributed by atoms with Gasteiger partial charge in [0, 0.05) is 24.3 Å². The van der Waals surface area contributed by atoms with Crippen LogP contribution in [0.1, 0.15) is 23.2 Å². The van der Waals surface area contributed by atoms with Crippen molar-refractivity contribution in [2.75, 3.05) is 24.8 Å². The summed E-state index contributed by atoms with van der Waals surface area (Å²) < 4.78 is 10.4. The van der Waals surface area contributed by atoms with Crippen molar-refractivity contribution >= 4 is 29.4 Å². The Labute approximate surface area is 157 Å². The quantitative estimate of drug-likeness (QED) is 0.155. The van der Waals surface area contributed by atoms with Gasteiger partial charge < -0.3 is 20.5 Å². The lowest BCUT2D eigenvalue weighted by Gasteiger charge is -2.07. The molecule has 0 aliphatic rings. The average Bonchev–Trinajstić information content (AvgIpc) is 2.63. The van der Waals surface area contributed by atoms with Gasteiger partial charge in [0.05, 0.1) is 5.56 Å². The lowest BCUT2D eigenvalue weighted by Crippen LogP contribution is -2.20. The van der Waals surface area contributed by atoms with Gasteiger partial charge in [-0.3, -0.25) is 5.41 Å². The highest BCUT2D eigenvalue weighted by molar-refractivity contribution is 7.99. The molecule has 0 aliphatic carbocycles. The van der Waals surface area contributed by atoms with Gasteiger partial charge in [-0.15, -0.1) is 11.8 Å². The maximum Gasteiger partial charge on any atom is 0.343 e. The van der Waals surface area contributed by atoms with E-state index in [4.69, 9.17) is 20.6 Å². The number of esters is 1. The maximum absolute atomic E-state index is 12.2. The number of benzene rings is 2. The van der Waals surface area contributed by atoms with Gasteiger partial charge in [-0.2, -0.15) is 0 Å². The lowest BCUT2D eigenvalue weighted by molar-refractivity contribution is 0.0734. The summed E-state index contributed by atoms with van der Waals surface area (Å²) in [5.74, 6) is 0.948. The number of rotatable bonds is 9. The lowest BCUT2D eigenvalue weighted by atomic mass is 10.2. The van der Waals surface area contributed by atoms with Crippen molar-refractivity contribution in [1.82, 2.24) is 0 Å². The van der Waals surface area contributed by atoms with Crippen molar-refractivity contribution in [3.63, 3.8) is 0 Å². The van der Waals surface area contributed by atoms with E-state index in [0.29, 0.717) is 17.0 Å². The summed E-state index contributed by atoms with van der Waals surface area (Å²) in [5.41, 5.74) is 6.33. The summed E-state index contributed by atoms with van der Waals surface area (Å²) in [5, 5.41) is 9.83. The summed E-state index contributed by atoms with van der Waals surface area (Å²) in [6.45, 7) is 0.793. The van der Waals surface area contributed by atoms with Gasteiger partial charge in [0.25, 0.3) is 0 Å². The molecule has 2 aromatic carbocycles. The highest BCUT2D eigenvalue weighted by Gasteiger charge is 2.09. The molecule has 0 atom stereocenters. The SMILES string of the molecule is COCCCCSc1ccc(OC(=O)c2ccc(NC(=N)N)cc2)cc1. The number of carbonyl (C=O) groups excluding carboxylic acids is 1. The number of anilines is 1. The number of nitrogens with two attached hydrogens (primary N) is 1. The first-order valence-corrected chi connectivity index (χ1v) is 9.22. The van der Waals surface area contributed by atoms with Crippen molar-refractivity contribution in [2.24, 2.45) is 5.73 Å². The second-order valence-electron chi connectivity index (χ2n) is 5.53. The Kier molecular flexibility index (Phi) is 7.98. The number of nitrogens with one attached hydrogen (secondary N) is 2. The summed E-state index contributed by atoms with van der Waals surface area (Å²) in [6.07, 6.45) is 2.16. The molecule has 0 unspecified atom stereocenters. The minimum Gasteiger partial charge on any atom is -0.423 e. The molecule has 0 saturated carbocycles. The molecule has 0 fully saturated rings. The fraction of sp³-hybridized carbons (Fsp3) is 0.263. The van der Waals surface area contributed by atoms with Crippen LogP contribution < -0.4 is 15.8 Å². The summed E-state index contributed by atoms with van der Waals surface area (Å²) in [7, 11) is 1.71. The molecule has 0 spiro atoms. The van der Waals surface area contributed by atoms with Crippen molar-refractivity contribution in [1.29, 1.82) is 5.41 Å². The number of ether oxygens (including phenoxy) is 2. The molecule has 0 saturated heterocycles. The van der Waals surface area contributed by atoms with Crippen molar-refractivity contribution in [3.8, 4) is 5.75 Å². The monoisotopic (exact) mass is 373 g/mol. The van der Waals surface area contributed by atoms with Crippen LogP contribution in [0.4, 0.5) is 5.69 Å². The second-order valence-corrected chi connectivity index (χ2v) is 6.69. The first-order chi connectivity index (χ1) is 12.6. The first-order valence-electron chi connectivity index (χ1n) is 8.23.